The molecule has 4 nitrogen and oxygen atoms in total. The molecular formula is C27H27F2NO3. The highest BCUT2D eigenvalue weighted by atomic mass is 19.1. The quantitative estimate of drug-likeness (QED) is 0.512. The van der Waals surface area contributed by atoms with Crippen molar-refractivity contribution in [3.8, 4) is 22.6 Å². The number of ether oxygens (including phenoxy) is 3. The fraction of sp³-hybridized carbons (Fsp3) is 0.333. The van der Waals surface area contributed by atoms with Crippen molar-refractivity contribution in [2.24, 2.45) is 0 Å². The third-order valence-corrected chi connectivity index (χ3v) is 6.23. The van der Waals surface area contributed by atoms with E-state index in [-0.39, 0.29) is 6.10 Å². The molecule has 1 saturated heterocycles. The van der Waals surface area contributed by atoms with Crippen LogP contribution < -0.4 is 9.47 Å². The molecule has 2 heterocycles. The van der Waals surface area contributed by atoms with E-state index in [2.05, 4.69) is 36.1 Å². The fourth-order valence-corrected chi connectivity index (χ4v) is 4.49. The zero-order chi connectivity index (χ0) is 22.8. The second-order valence-electron chi connectivity index (χ2n) is 8.68. The molecule has 2 aliphatic rings. The number of rotatable bonds is 5. The number of hydrogen-bond acceptors (Lipinski definition) is 4. The summed E-state index contributed by atoms with van der Waals surface area (Å²) in [6, 6.07) is 16.2. The Balaban J connectivity index is 1.50. The Morgan fingerprint density at radius 1 is 1.06 bits per heavy atom. The molecule has 2 aliphatic heterocycles. The number of hydrogen-bond donors (Lipinski definition) is 0. The molecule has 0 saturated carbocycles. The van der Waals surface area contributed by atoms with Gasteiger partial charge in [0.15, 0.2) is 11.5 Å². The predicted molar refractivity (Wildman–Crippen MR) is 122 cm³/mol. The smallest absolute Gasteiger partial charge is 0.165 e. The van der Waals surface area contributed by atoms with E-state index in [1.165, 1.54) is 17.7 Å². The molecule has 0 spiro atoms. The van der Waals surface area contributed by atoms with Gasteiger partial charge in [0.1, 0.15) is 24.3 Å². The third kappa shape index (κ3) is 4.87. The van der Waals surface area contributed by atoms with Crippen molar-refractivity contribution >= 4 is 0 Å². The van der Waals surface area contributed by atoms with Gasteiger partial charge in [0.2, 0.25) is 0 Å². The normalized spacial score (nSPS) is 18.5. The van der Waals surface area contributed by atoms with Gasteiger partial charge in [-0.1, -0.05) is 30.3 Å². The predicted octanol–water partition coefficient (Wildman–Crippen LogP) is 5.50. The first-order valence-corrected chi connectivity index (χ1v) is 11.3. The lowest BCUT2D eigenvalue weighted by Gasteiger charge is -2.21. The zero-order valence-electron chi connectivity index (χ0n) is 18.7. The highest BCUT2D eigenvalue weighted by Gasteiger charge is 2.25. The molecule has 1 atom stereocenters. The topological polar surface area (TPSA) is 30.9 Å². The molecule has 3 aromatic carbocycles. The fourth-order valence-electron chi connectivity index (χ4n) is 4.49. The standard InChI is InChI=1S/C27H27F2NO3/c1-18-4-2-3-5-24(18)20-12-21-16-30(15-19-6-7-22(28)14-25(19)29)9-11-32-27(21)26(13-20)33-23-8-10-31-17-23/h2-7,12-14,23H,8-11,15-17H2,1H3/t23-/m1/s1. The number of aryl methyl sites for hydroxylation is 1. The number of benzene rings is 3. The summed E-state index contributed by atoms with van der Waals surface area (Å²) in [7, 11) is 0. The summed E-state index contributed by atoms with van der Waals surface area (Å²) in [5, 5.41) is 0. The molecule has 0 N–H and O–H groups in total. The Bertz CT molecular complexity index is 1140. The van der Waals surface area contributed by atoms with E-state index in [0.29, 0.717) is 45.0 Å². The van der Waals surface area contributed by atoms with Gasteiger partial charge in [-0.25, -0.2) is 8.78 Å². The third-order valence-electron chi connectivity index (χ3n) is 6.23. The van der Waals surface area contributed by atoms with Gasteiger partial charge in [-0.05, 0) is 41.8 Å². The first kappa shape index (κ1) is 21.9. The first-order valence-electron chi connectivity index (χ1n) is 11.3. The van der Waals surface area contributed by atoms with E-state index >= 15 is 0 Å². The minimum atomic E-state index is -0.568. The van der Waals surface area contributed by atoms with Crippen molar-refractivity contribution in [1.29, 1.82) is 0 Å². The Kier molecular flexibility index (Phi) is 6.29. The SMILES string of the molecule is Cc1ccccc1-c1cc2c(c(O[C@@H]3CCOC3)c1)OCCN(Cc1ccc(F)cc1F)C2. The lowest BCUT2D eigenvalue weighted by molar-refractivity contribution is 0.137. The number of fused-ring (bicyclic) bond motifs is 1. The van der Waals surface area contributed by atoms with Crippen LogP contribution in [0.5, 0.6) is 11.5 Å². The molecule has 0 unspecified atom stereocenters. The second kappa shape index (κ2) is 9.49. The average molecular weight is 452 g/mol. The Morgan fingerprint density at radius 3 is 2.73 bits per heavy atom. The lowest BCUT2D eigenvalue weighted by Crippen LogP contribution is -2.25. The average Bonchev–Trinajstić information content (AvgIpc) is 3.21. The monoisotopic (exact) mass is 451 g/mol. The maximum atomic E-state index is 14.3. The van der Waals surface area contributed by atoms with Gasteiger partial charge < -0.3 is 14.2 Å². The van der Waals surface area contributed by atoms with E-state index in [0.717, 1.165) is 40.7 Å². The van der Waals surface area contributed by atoms with E-state index < -0.39 is 11.6 Å². The molecule has 33 heavy (non-hydrogen) atoms. The molecule has 0 aliphatic carbocycles. The molecule has 1 fully saturated rings. The van der Waals surface area contributed by atoms with Crippen molar-refractivity contribution in [3.05, 3.63) is 82.9 Å². The van der Waals surface area contributed by atoms with Crippen LogP contribution in [0.3, 0.4) is 0 Å². The summed E-state index contributed by atoms with van der Waals surface area (Å²) in [5.41, 5.74) is 4.82. The lowest BCUT2D eigenvalue weighted by atomic mass is 9.97. The number of halogens is 2. The van der Waals surface area contributed by atoms with Gasteiger partial charge in [0, 0.05) is 43.2 Å². The van der Waals surface area contributed by atoms with E-state index in [9.17, 15) is 8.78 Å². The van der Waals surface area contributed by atoms with E-state index in [4.69, 9.17) is 14.2 Å². The minimum Gasteiger partial charge on any atom is -0.488 e. The maximum absolute atomic E-state index is 14.3. The summed E-state index contributed by atoms with van der Waals surface area (Å²) in [4.78, 5) is 2.12. The molecule has 3 aromatic rings. The van der Waals surface area contributed by atoms with Crippen LogP contribution in [0, 0.1) is 18.6 Å². The molecule has 0 bridgehead atoms. The van der Waals surface area contributed by atoms with Gasteiger partial charge in [-0.15, -0.1) is 0 Å². The molecule has 0 amide bonds. The van der Waals surface area contributed by atoms with Crippen LogP contribution in [-0.4, -0.2) is 37.4 Å². The molecule has 6 heteroatoms. The zero-order valence-corrected chi connectivity index (χ0v) is 18.7. The van der Waals surface area contributed by atoms with Crippen molar-refractivity contribution in [2.75, 3.05) is 26.4 Å². The van der Waals surface area contributed by atoms with E-state index in [1.54, 1.807) is 0 Å². The summed E-state index contributed by atoms with van der Waals surface area (Å²) in [5.74, 6) is 0.359. The second-order valence-corrected chi connectivity index (χ2v) is 8.68. The van der Waals surface area contributed by atoms with Crippen LogP contribution >= 0.6 is 0 Å². The minimum absolute atomic E-state index is 0.00233. The molecule has 5 rings (SSSR count). The van der Waals surface area contributed by atoms with Gasteiger partial charge in [-0.3, -0.25) is 4.90 Å². The molecule has 0 aromatic heterocycles. The van der Waals surface area contributed by atoms with Crippen LogP contribution in [0.1, 0.15) is 23.1 Å². The highest BCUT2D eigenvalue weighted by Crippen LogP contribution is 2.40. The highest BCUT2D eigenvalue weighted by molar-refractivity contribution is 5.72. The van der Waals surface area contributed by atoms with Gasteiger partial charge >= 0.3 is 0 Å². The van der Waals surface area contributed by atoms with Crippen LogP contribution in [0.2, 0.25) is 0 Å². The van der Waals surface area contributed by atoms with Crippen molar-refractivity contribution in [1.82, 2.24) is 4.90 Å². The summed E-state index contributed by atoms with van der Waals surface area (Å²) < 4.78 is 45.6. The van der Waals surface area contributed by atoms with Crippen LogP contribution in [-0.2, 0) is 17.8 Å². The summed E-state index contributed by atoms with van der Waals surface area (Å²) in [6.07, 6.45) is 0.844. The van der Waals surface area contributed by atoms with Gasteiger partial charge in [0.05, 0.1) is 13.2 Å². The Labute approximate surface area is 192 Å². The number of nitrogens with zero attached hydrogens (tertiary/aromatic N) is 1. The Morgan fingerprint density at radius 2 is 1.94 bits per heavy atom. The van der Waals surface area contributed by atoms with Crippen LogP contribution in [0.15, 0.2) is 54.6 Å². The van der Waals surface area contributed by atoms with Crippen LogP contribution in [0.4, 0.5) is 8.78 Å². The van der Waals surface area contributed by atoms with Gasteiger partial charge in [-0.2, -0.15) is 0 Å². The summed E-state index contributed by atoms with van der Waals surface area (Å²) >= 11 is 0. The molecular weight excluding hydrogens is 424 g/mol. The van der Waals surface area contributed by atoms with Crippen molar-refractivity contribution in [3.63, 3.8) is 0 Å². The van der Waals surface area contributed by atoms with Crippen molar-refractivity contribution < 1.29 is 23.0 Å². The van der Waals surface area contributed by atoms with E-state index in [1.807, 2.05) is 12.1 Å². The molecule has 0 radical (unpaired) electrons. The van der Waals surface area contributed by atoms with Crippen LogP contribution in [0.25, 0.3) is 11.1 Å². The largest absolute Gasteiger partial charge is 0.488 e. The first-order chi connectivity index (χ1) is 16.1. The molecule has 172 valence electrons. The Hall–Kier alpha value is -2.96. The maximum Gasteiger partial charge on any atom is 0.165 e. The van der Waals surface area contributed by atoms with Gasteiger partial charge in [0.25, 0.3) is 0 Å². The summed E-state index contributed by atoms with van der Waals surface area (Å²) in [6.45, 7) is 5.38. The van der Waals surface area contributed by atoms with Crippen molar-refractivity contribution in [2.45, 2.75) is 32.5 Å².